The lowest BCUT2D eigenvalue weighted by Crippen LogP contribution is -2.56. The van der Waals surface area contributed by atoms with Crippen LogP contribution in [0.4, 0.5) is 0 Å². The van der Waals surface area contributed by atoms with Gasteiger partial charge in [-0.2, -0.15) is 0 Å². The van der Waals surface area contributed by atoms with Crippen molar-refractivity contribution in [2.45, 2.75) is 56.6 Å². The van der Waals surface area contributed by atoms with E-state index in [2.05, 4.69) is 6.07 Å². The molecule has 5 rings (SSSR count). The molecule has 1 N–H and O–H groups in total. The maximum atomic E-state index is 13.2. The Kier molecular flexibility index (Phi) is 4.58. The van der Waals surface area contributed by atoms with Crippen LogP contribution in [0.5, 0.6) is 0 Å². The first-order valence-electron chi connectivity index (χ1n) is 10.9. The van der Waals surface area contributed by atoms with Gasteiger partial charge < -0.3 is 14.6 Å². The van der Waals surface area contributed by atoms with Gasteiger partial charge in [0.1, 0.15) is 5.60 Å². The van der Waals surface area contributed by atoms with Crippen molar-refractivity contribution in [2.75, 3.05) is 13.1 Å². The van der Waals surface area contributed by atoms with E-state index < -0.39 is 5.60 Å². The summed E-state index contributed by atoms with van der Waals surface area (Å²) in [6.07, 6.45) is 5.08. The number of rotatable bonds is 2. The lowest BCUT2D eigenvalue weighted by molar-refractivity contribution is -0.157. The zero-order chi connectivity index (χ0) is 20.0. The van der Waals surface area contributed by atoms with Crippen LogP contribution in [-0.2, 0) is 11.3 Å². The molecule has 3 heterocycles. The fourth-order valence-electron chi connectivity index (χ4n) is 5.57. The molecule has 1 saturated carbocycles. The topological polar surface area (TPSA) is 62.5 Å². The van der Waals surface area contributed by atoms with Gasteiger partial charge in [0, 0.05) is 37.3 Å². The van der Waals surface area contributed by atoms with E-state index in [0.717, 1.165) is 42.5 Å². The van der Waals surface area contributed by atoms with Crippen LogP contribution in [0.1, 0.15) is 50.1 Å². The van der Waals surface area contributed by atoms with Crippen molar-refractivity contribution < 1.29 is 9.90 Å². The highest BCUT2D eigenvalue weighted by atomic mass is 16.3. The van der Waals surface area contributed by atoms with Crippen LogP contribution in [0.2, 0.25) is 0 Å². The number of fused-ring (bicyclic) bond motifs is 4. The number of carbonyl (C=O) groups excluding carboxylic acids is 1. The standard InChI is InChI=1S/C24H28N2O3/c27-22-13-19(18-7-3-1-4-8-18)12-21-20-11-17(15-26(21)22)14-25(16-20)23(28)24(29)9-5-2-6-10-24/h1,3-4,7-8,12-13,17,20,29H,2,5-6,9-11,14-16H2/t17-,20+/m0/s1. The molecule has 5 nitrogen and oxygen atoms in total. The van der Waals surface area contributed by atoms with Crippen molar-refractivity contribution in [1.29, 1.82) is 0 Å². The first-order valence-corrected chi connectivity index (χ1v) is 10.9. The van der Waals surface area contributed by atoms with Crippen molar-refractivity contribution in [3.63, 3.8) is 0 Å². The summed E-state index contributed by atoms with van der Waals surface area (Å²) in [5.41, 5.74) is 1.86. The number of hydrogen-bond acceptors (Lipinski definition) is 3. The molecule has 2 aliphatic heterocycles. The Bertz CT molecular complexity index is 975. The number of pyridine rings is 1. The van der Waals surface area contributed by atoms with Crippen LogP contribution >= 0.6 is 0 Å². The smallest absolute Gasteiger partial charge is 0.254 e. The van der Waals surface area contributed by atoms with Gasteiger partial charge in [0.2, 0.25) is 0 Å². The van der Waals surface area contributed by atoms with Crippen LogP contribution < -0.4 is 5.56 Å². The van der Waals surface area contributed by atoms with E-state index in [0.29, 0.717) is 32.5 Å². The van der Waals surface area contributed by atoms with Crippen molar-refractivity contribution in [1.82, 2.24) is 9.47 Å². The largest absolute Gasteiger partial charge is 0.380 e. The average molecular weight is 392 g/mol. The van der Waals surface area contributed by atoms with Crippen LogP contribution in [-0.4, -0.2) is 39.2 Å². The molecule has 3 aliphatic rings. The van der Waals surface area contributed by atoms with E-state index in [9.17, 15) is 14.7 Å². The van der Waals surface area contributed by atoms with E-state index in [4.69, 9.17) is 0 Å². The van der Waals surface area contributed by atoms with E-state index in [1.807, 2.05) is 39.8 Å². The minimum Gasteiger partial charge on any atom is -0.380 e. The van der Waals surface area contributed by atoms with Gasteiger partial charge in [-0.3, -0.25) is 9.59 Å². The predicted octanol–water partition coefficient (Wildman–Crippen LogP) is 3.16. The Hall–Kier alpha value is -2.40. The maximum Gasteiger partial charge on any atom is 0.254 e. The molecule has 1 aromatic carbocycles. The normalized spacial score (nSPS) is 25.3. The molecule has 0 radical (unpaired) electrons. The Balaban J connectivity index is 1.46. The number of hydrogen-bond donors (Lipinski definition) is 1. The summed E-state index contributed by atoms with van der Waals surface area (Å²) in [6, 6.07) is 13.8. The third-order valence-corrected chi connectivity index (χ3v) is 7.03. The lowest BCUT2D eigenvalue weighted by Gasteiger charge is -2.45. The zero-order valence-electron chi connectivity index (χ0n) is 16.7. The third-order valence-electron chi connectivity index (χ3n) is 7.03. The zero-order valence-corrected chi connectivity index (χ0v) is 16.7. The molecular weight excluding hydrogens is 364 g/mol. The van der Waals surface area contributed by atoms with Gasteiger partial charge in [0.15, 0.2) is 0 Å². The van der Waals surface area contributed by atoms with Crippen LogP contribution in [0.15, 0.2) is 47.3 Å². The molecule has 1 saturated heterocycles. The van der Waals surface area contributed by atoms with Crippen molar-refractivity contribution in [2.24, 2.45) is 5.92 Å². The van der Waals surface area contributed by atoms with Crippen LogP contribution in [0.3, 0.4) is 0 Å². The first-order chi connectivity index (χ1) is 14.0. The average Bonchev–Trinajstić information content (AvgIpc) is 2.75. The van der Waals surface area contributed by atoms with E-state index in [-0.39, 0.29) is 23.3 Å². The maximum absolute atomic E-state index is 13.2. The van der Waals surface area contributed by atoms with Gasteiger partial charge in [-0.25, -0.2) is 0 Å². The van der Waals surface area contributed by atoms with Gasteiger partial charge in [0.05, 0.1) is 0 Å². The molecule has 2 aromatic rings. The monoisotopic (exact) mass is 392 g/mol. The van der Waals surface area contributed by atoms with E-state index in [1.165, 1.54) is 0 Å². The van der Waals surface area contributed by atoms with Gasteiger partial charge in [-0.1, -0.05) is 49.6 Å². The predicted molar refractivity (Wildman–Crippen MR) is 112 cm³/mol. The number of amides is 1. The second-order valence-electron chi connectivity index (χ2n) is 9.08. The summed E-state index contributed by atoms with van der Waals surface area (Å²) < 4.78 is 1.91. The Morgan fingerprint density at radius 1 is 0.966 bits per heavy atom. The van der Waals surface area contributed by atoms with Gasteiger partial charge in [-0.05, 0) is 42.4 Å². The van der Waals surface area contributed by atoms with Gasteiger partial charge >= 0.3 is 0 Å². The quantitative estimate of drug-likeness (QED) is 0.854. The van der Waals surface area contributed by atoms with Crippen molar-refractivity contribution in [3.8, 4) is 11.1 Å². The summed E-state index contributed by atoms with van der Waals surface area (Å²) in [5, 5.41) is 10.9. The molecule has 5 heteroatoms. The number of carbonyl (C=O) groups is 1. The van der Waals surface area contributed by atoms with Crippen LogP contribution in [0.25, 0.3) is 11.1 Å². The first kappa shape index (κ1) is 18.6. The molecule has 0 unspecified atom stereocenters. The minimum absolute atomic E-state index is 0.0433. The van der Waals surface area contributed by atoms with E-state index in [1.54, 1.807) is 6.07 Å². The molecular formula is C24H28N2O3. The molecule has 2 bridgehead atoms. The fourth-order valence-corrected chi connectivity index (χ4v) is 5.57. The molecule has 1 aromatic heterocycles. The molecule has 0 spiro atoms. The Morgan fingerprint density at radius 3 is 2.48 bits per heavy atom. The lowest BCUT2D eigenvalue weighted by atomic mass is 9.79. The number of benzene rings is 1. The molecule has 2 fully saturated rings. The number of aromatic nitrogens is 1. The number of piperidine rings is 1. The summed E-state index contributed by atoms with van der Waals surface area (Å²) in [7, 11) is 0. The highest BCUT2D eigenvalue weighted by molar-refractivity contribution is 5.85. The summed E-state index contributed by atoms with van der Waals surface area (Å²) >= 11 is 0. The highest BCUT2D eigenvalue weighted by Crippen LogP contribution is 2.38. The van der Waals surface area contributed by atoms with E-state index >= 15 is 0 Å². The molecule has 1 aliphatic carbocycles. The molecule has 1 amide bonds. The molecule has 152 valence electrons. The second kappa shape index (κ2) is 7.13. The van der Waals surface area contributed by atoms with Gasteiger partial charge in [-0.15, -0.1) is 0 Å². The number of aliphatic hydroxyl groups is 1. The second-order valence-corrected chi connectivity index (χ2v) is 9.08. The van der Waals surface area contributed by atoms with Crippen molar-refractivity contribution >= 4 is 5.91 Å². The molecule has 2 atom stereocenters. The fraction of sp³-hybridized carbons (Fsp3) is 0.500. The SMILES string of the molecule is O=C(N1C[C@@H]2C[C@H](C1)c1cc(-c3ccccc3)cc(=O)n1C2)C1(O)CCCCC1. The van der Waals surface area contributed by atoms with Crippen LogP contribution in [0, 0.1) is 5.92 Å². The molecule has 29 heavy (non-hydrogen) atoms. The Morgan fingerprint density at radius 2 is 1.72 bits per heavy atom. The summed E-state index contributed by atoms with van der Waals surface area (Å²) in [6.45, 7) is 1.89. The van der Waals surface area contributed by atoms with Gasteiger partial charge in [0.25, 0.3) is 11.5 Å². The summed E-state index contributed by atoms with van der Waals surface area (Å²) in [5.74, 6) is 0.328. The third kappa shape index (κ3) is 3.31. The number of nitrogens with zero attached hydrogens (tertiary/aromatic N) is 2. The highest BCUT2D eigenvalue weighted by Gasteiger charge is 2.44. The Labute approximate surface area is 171 Å². The number of likely N-dealkylation sites (tertiary alicyclic amines) is 1. The summed E-state index contributed by atoms with van der Waals surface area (Å²) in [4.78, 5) is 27.9. The minimum atomic E-state index is -1.19. The van der Waals surface area contributed by atoms with Crippen molar-refractivity contribution in [3.05, 3.63) is 58.5 Å².